The number of nitrogens with zero attached hydrogens (tertiary/aromatic N) is 3. The molecule has 0 saturated heterocycles. The first-order valence-electron chi connectivity index (χ1n) is 8.41. The fraction of sp³-hybridized carbons (Fsp3) is 0.150. The van der Waals surface area contributed by atoms with Gasteiger partial charge in [0.05, 0.1) is 25.5 Å². The van der Waals surface area contributed by atoms with E-state index in [-0.39, 0.29) is 5.91 Å². The zero-order valence-electron chi connectivity index (χ0n) is 14.8. The van der Waals surface area contributed by atoms with E-state index in [2.05, 4.69) is 22.1 Å². The van der Waals surface area contributed by atoms with Gasteiger partial charge in [0.2, 0.25) is 0 Å². The van der Waals surface area contributed by atoms with Crippen molar-refractivity contribution in [2.45, 2.75) is 13.2 Å². The number of methoxy groups -OCH3 is 1. The van der Waals surface area contributed by atoms with E-state index in [1.54, 1.807) is 42.5 Å². The number of carbonyl (C=O) groups is 1. The lowest BCUT2D eigenvalue weighted by molar-refractivity contribution is 0.0866. The molecule has 1 aromatic carbocycles. The van der Waals surface area contributed by atoms with Crippen LogP contribution in [0.2, 0.25) is 0 Å². The molecule has 1 amide bonds. The summed E-state index contributed by atoms with van der Waals surface area (Å²) in [5, 5.41) is 4.17. The Balaban J connectivity index is 1.45. The van der Waals surface area contributed by atoms with E-state index in [0.29, 0.717) is 41.7 Å². The summed E-state index contributed by atoms with van der Waals surface area (Å²) in [7, 11) is 1.60. The lowest BCUT2D eigenvalue weighted by Crippen LogP contribution is -2.32. The predicted octanol–water partition coefficient (Wildman–Crippen LogP) is 2.61. The highest BCUT2D eigenvalue weighted by molar-refractivity contribution is 6.13. The maximum Gasteiger partial charge on any atom is 0.260 e. The standard InChI is InChI=1S/C20H18N4O3/c1-13-3-8-19(23-22-13)24-11-14-9-16(6-7-18(14)20(24)25)27-12-15-4-5-17(26-2)10-21-15/h3-10,22H,1,11-12H2,2H3. The Kier molecular flexibility index (Phi) is 4.33. The molecular formula is C20H18N4O3. The van der Waals surface area contributed by atoms with Crippen LogP contribution in [0.15, 0.2) is 66.1 Å². The summed E-state index contributed by atoms with van der Waals surface area (Å²) in [6.07, 6.45) is 5.21. The number of ether oxygens (including phenoxy) is 2. The Bertz CT molecular complexity index is 964. The summed E-state index contributed by atoms with van der Waals surface area (Å²) in [6, 6.07) is 9.16. The Morgan fingerprint density at radius 3 is 2.78 bits per heavy atom. The van der Waals surface area contributed by atoms with Gasteiger partial charge in [-0.3, -0.25) is 20.1 Å². The molecule has 0 unspecified atom stereocenters. The van der Waals surface area contributed by atoms with Crippen LogP contribution in [0.25, 0.3) is 0 Å². The van der Waals surface area contributed by atoms with Gasteiger partial charge in [0.15, 0.2) is 5.84 Å². The summed E-state index contributed by atoms with van der Waals surface area (Å²) >= 11 is 0. The van der Waals surface area contributed by atoms with Crippen LogP contribution >= 0.6 is 0 Å². The zero-order chi connectivity index (χ0) is 18.8. The van der Waals surface area contributed by atoms with Crippen molar-refractivity contribution in [3.63, 3.8) is 0 Å². The molecule has 136 valence electrons. The average molecular weight is 362 g/mol. The minimum atomic E-state index is -0.0777. The van der Waals surface area contributed by atoms with Crippen LogP contribution in [-0.2, 0) is 13.2 Å². The summed E-state index contributed by atoms with van der Waals surface area (Å²) in [5.74, 6) is 1.88. The maximum atomic E-state index is 12.6. The number of hydrogen-bond acceptors (Lipinski definition) is 6. The number of fused-ring (bicyclic) bond motifs is 1. The van der Waals surface area contributed by atoms with Crippen LogP contribution in [0.1, 0.15) is 21.6 Å². The number of hydrazone groups is 1. The second-order valence-electron chi connectivity index (χ2n) is 6.13. The molecule has 0 fully saturated rings. The number of amidine groups is 1. The number of benzene rings is 1. The number of aromatic nitrogens is 1. The second kappa shape index (κ2) is 6.95. The van der Waals surface area contributed by atoms with Gasteiger partial charge in [-0.1, -0.05) is 6.58 Å². The highest BCUT2D eigenvalue weighted by Crippen LogP contribution is 2.28. The van der Waals surface area contributed by atoms with E-state index in [0.717, 1.165) is 11.3 Å². The van der Waals surface area contributed by atoms with Crippen molar-refractivity contribution in [3.05, 3.63) is 77.8 Å². The molecule has 0 radical (unpaired) electrons. The quantitative estimate of drug-likeness (QED) is 0.905. The molecule has 1 N–H and O–H groups in total. The van der Waals surface area contributed by atoms with Crippen LogP contribution in [0.5, 0.6) is 11.5 Å². The highest BCUT2D eigenvalue weighted by atomic mass is 16.5. The summed E-state index contributed by atoms with van der Waals surface area (Å²) in [5.41, 5.74) is 5.83. The van der Waals surface area contributed by atoms with Gasteiger partial charge in [0.1, 0.15) is 18.1 Å². The van der Waals surface area contributed by atoms with Gasteiger partial charge < -0.3 is 9.47 Å². The van der Waals surface area contributed by atoms with E-state index >= 15 is 0 Å². The van der Waals surface area contributed by atoms with Crippen molar-refractivity contribution in [1.29, 1.82) is 0 Å². The fourth-order valence-corrected chi connectivity index (χ4v) is 2.88. The molecule has 27 heavy (non-hydrogen) atoms. The molecule has 0 atom stereocenters. The van der Waals surface area contributed by atoms with Crippen LogP contribution in [0.4, 0.5) is 0 Å². The Morgan fingerprint density at radius 2 is 2.07 bits per heavy atom. The number of pyridine rings is 1. The molecule has 0 bridgehead atoms. The van der Waals surface area contributed by atoms with E-state index in [4.69, 9.17) is 9.47 Å². The van der Waals surface area contributed by atoms with Crippen LogP contribution in [-0.4, -0.2) is 28.7 Å². The first-order chi connectivity index (χ1) is 13.1. The third-order valence-corrected chi connectivity index (χ3v) is 4.32. The molecule has 0 saturated carbocycles. The van der Waals surface area contributed by atoms with E-state index in [1.807, 2.05) is 18.2 Å². The number of hydrogen-bond donors (Lipinski definition) is 1. The SMILES string of the molecule is C=C1C=CC(N2Cc3cc(OCc4ccc(OC)cn4)ccc3C2=O)=NN1. The lowest BCUT2D eigenvalue weighted by atomic mass is 10.1. The van der Waals surface area contributed by atoms with Gasteiger partial charge in [-0.25, -0.2) is 0 Å². The predicted molar refractivity (Wildman–Crippen MR) is 100 cm³/mol. The van der Waals surface area contributed by atoms with Gasteiger partial charge in [-0.05, 0) is 48.0 Å². The molecule has 2 aliphatic rings. The Morgan fingerprint density at radius 1 is 1.22 bits per heavy atom. The molecule has 4 rings (SSSR count). The van der Waals surface area contributed by atoms with Crippen molar-refractivity contribution < 1.29 is 14.3 Å². The van der Waals surface area contributed by atoms with Gasteiger partial charge in [-0.2, -0.15) is 5.10 Å². The minimum absolute atomic E-state index is 0.0777. The number of carbonyl (C=O) groups excluding carboxylic acids is 1. The Hall–Kier alpha value is -3.61. The van der Waals surface area contributed by atoms with E-state index in [1.165, 1.54) is 0 Å². The normalized spacial score (nSPS) is 15.3. The summed E-state index contributed by atoms with van der Waals surface area (Å²) < 4.78 is 10.9. The topological polar surface area (TPSA) is 76.1 Å². The van der Waals surface area contributed by atoms with Gasteiger partial charge in [0, 0.05) is 11.3 Å². The van der Waals surface area contributed by atoms with E-state index < -0.39 is 0 Å². The Labute approximate surface area is 156 Å². The highest BCUT2D eigenvalue weighted by Gasteiger charge is 2.30. The molecule has 1 aromatic heterocycles. The monoisotopic (exact) mass is 362 g/mol. The molecule has 2 aliphatic heterocycles. The van der Waals surface area contributed by atoms with Crippen LogP contribution in [0, 0.1) is 0 Å². The van der Waals surface area contributed by atoms with Crippen LogP contribution < -0.4 is 14.9 Å². The number of amides is 1. The zero-order valence-corrected chi connectivity index (χ0v) is 14.8. The van der Waals surface area contributed by atoms with Crippen molar-refractivity contribution in [2.75, 3.05) is 7.11 Å². The van der Waals surface area contributed by atoms with Crippen LogP contribution in [0.3, 0.4) is 0 Å². The van der Waals surface area contributed by atoms with Gasteiger partial charge in [-0.15, -0.1) is 0 Å². The number of nitrogens with one attached hydrogen (secondary N) is 1. The molecule has 3 heterocycles. The van der Waals surface area contributed by atoms with Crippen molar-refractivity contribution in [2.24, 2.45) is 5.10 Å². The summed E-state index contributed by atoms with van der Waals surface area (Å²) in [4.78, 5) is 18.5. The minimum Gasteiger partial charge on any atom is -0.495 e. The second-order valence-corrected chi connectivity index (χ2v) is 6.13. The van der Waals surface area contributed by atoms with Gasteiger partial charge >= 0.3 is 0 Å². The van der Waals surface area contributed by atoms with E-state index in [9.17, 15) is 4.79 Å². The first kappa shape index (κ1) is 16.8. The van der Waals surface area contributed by atoms with Gasteiger partial charge in [0.25, 0.3) is 5.91 Å². The molecular weight excluding hydrogens is 344 g/mol. The molecule has 0 aliphatic carbocycles. The third kappa shape index (κ3) is 3.39. The fourth-order valence-electron chi connectivity index (χ4n) is 2.88. The first-order valence-corrected chi connectivity index (χ1v) is 8.41. The van der Waals surface area contributed by atoms with Crippen molar-refractivity contribution in [1.82, 2.24) is 15.3 Å². The number of rotatable bonds is 4. The van der Waals surface area contributed by atoms with Crippen molar-refractivity contribution in [3.8, 4) is 11.5 Å². The average Bonchev–Trinajstić information content (AvgIpc) is 3.03. The molecule has 0 spiro atoms. The maximum absolute atomic E-state index is 12.6. The number of allylic oxidation sites excluding steroid dienone is 1. The molecule has 7 heteroatoms. The third-order valence-electron chi connectivity index (χ3n) is 4.32. The molecule has 7 nitrogen and oxygen atoms in total. The lowest BCUT2D eigenvalue weighted by Gasteiger charge is -2.18. The van der Waals surface area contributed by atoms with Crippen molar-refractivity contribution >= 4 is 11.7 Å². The largest absolute Gasteiger partial charge is 0.495 e. The summed E-state index contributed by atoms with van der Waals surface area (Å²) in [6.45, 7) is 4.55. The smallest absolute Gasteiger partial charge is 0.260 e. The molecule has 2 aromatic rings.